The lowest BCUT2D eigenvalue weighted by Crippen LogP contribution is -2.31. The minimum atomic E-state index is -0.410. The van der Waals surface area contributed by atoms with Crippen LogP contribution in [0.4, 0.5) is 4.39 Å². The van der Waals surface area contributed by atoms with Gasteiger partial charge in [-0.15, -0.1) is 0 Å². The van der Waals surface area contributed by atoms with Gasteiger partial charge in [0, 0.05) is 0 Å². The molecule has 2 aliphatic heterocycles. The summed E-state index contributed by atoms with van der Waals surface area (Å²) in [7, 11) is 0. The Labute approximate surface area is 85.8 Å². The molecular formula is C11H9FO3. The Hall–Kier alpha value is -1.42. The van der Waals surface area contributed by atoms with Crippen molar-refractivity contribution in [1.29, 1.82) is 0 Å². The van der Waals surface area contributed by atoms with Gasteiger partial charge in [-0.25, -0.2) is 4.39 Å². The minimum absolute atomic E-state index is 0.0344. The number of ether oxygens (including phenoxy) is 2. The molecule has 0 spiro atoms. The molecule has 0 amide bonds. The molecule has 0 bridgehead atoms. The molecule has 1 aromatic carbocycles. The second kappa shape index (κ2) is 3.03. The first-order valence-electron chi connectivity index (χ1n) is 4.85. The molecule has 0 N–H and O–H groups in total. The molecule has 78 valence electrons. The van der Waals surface area contributed by atoms with E-state index in [9.17, 15) is 9.18 Å². The van der Waals surface area contributed by atoms with E-state index in [0.29, 0.717) is 17.9 Å². The van der Waals surface area contributed by atoms with Crippen LogP contribution in [0.5, 0.6) is 5.75 Å². The fraction of sp³-hybridized carbons (Fsp3) is 0.364. The van der Waals surface area contributed by atoms with Gasteiger partial charge >= 0.3 is 0 Å². The maximum Gasteiger partial charge on any atom is 0.170 e. The predicted molar refractivity (Wildman–Crippen MR) is 49.5 cm³/mol. The number of hydrogen-bond donors (Lipinski definition) is 0. The van der Waals surface area contributed by atoms with Gasteiger partial charge < -0.3 is 9.47 Å². The molecule has 4 heteroatoms. The summed E-state index contributed by atoms with van der Waals surface area (Å²) in [6, 6.07) is 4.01. The third-order valence-electron chi connectivity index (χ3n) is 2.68. The highest BCUT2D eigenvalue weighted by atomic mass is 19.1. The number of carbonyl (C=O) groups is 1. The van der Waals surface area contributed by atoms with Gasteiger partial charge in [-0.3, -0.25) is 4.79 Å². The van der Waals surface area contributed by atoms with Gasteiger partial charge in [-0.05, 0) is 18.2 Å². The van der Waals surface area contributed by atoms with E-state index in [0.717, 1.165) is 0 Å². The molecule has 2 aliphatic rings. The van der Waals surface area contributed by atoms with E-state index in [1.54, 1.807) is 0 Å². The standard InChI is InChI=1S/C11H9FO3/c12-6-1-2-9-7(3-6)8(13)4-10(15-9)11-5-14-11/h1-3,10-11H,4-5H2/t10-,11-/m0/s1. The summed E-state index contributed by atoms with van der Waals surface area (Å²) < 4.78 is 23.6. The van der Waals surface area contributed by atoms with Crippen LogP contribution in [0, 0.1) is 5.82 Å². The fourth-order valence-electron chi connectivity index (χ4n) is 1.80. The Morgan fingerprint density at radius 1 is 1.33 bits per heavy atom. The highest BCUT2D eigenvalue weighted by Crippen LogP contribution is 2.32. The summed E-state index contributed by atoms with van der Waals surface area (Å²) in [4.78, 5) is 11.7. The molecular weight excluding hydrogens is 199 g/mol. The van der Waals surface area contributed by atoms with Crippen molar-refractivity contribution < 1.29 is 18.7 Å². The first-order chi connectivity index (χ1) is 7.24. The third kappa shape index (κ3) is 1.51. The molecule has 1 saturated heterocycles. The summed E-state index contributed by atoms with van der Waals surface area (Å²) in [6.07, 6.45) is 0.115. The van der Waals surface area contributed by atoms with E-state index in [-0.39, 0.29) is 24.4 Å². The Balaban J connectivity index is 1.96. The number of rotatable bonds is 1. The van der Waals surface area contributed by atoms with Crippen molar-refractivity contribution in [2.75, 3.05) is 6.61 Å². The molecule has 2 atom stereocenters. The van der Waals surface area contributed by atoms with Crippen LogP contribution in [-0.4, -0.2) is 24.6 Å². The number of benzene rings is 1. The smallest absolute Gasteiger partial charge is 0.170 e. The van der Waals surface area contributed by atoms with Crippen LogP contribution < -0.4 is 4.74 Å². The lowest BCUT2D eigenvalue weighted by molar-refractivity contribution is 0.0799. The number of carbonyl (C=O) groups excluding carboxylic acids is 1. The van der Waals surface area contributed by atoms with Crippen molar-refractivity contribution in [3.63, 3.8) is 0 Å². The highest BCUT2D eigenvalue weighted by molar-refractivity contribution is 6.00. The number of fused-ring (bicyclic) bond motifs is 1. The number of hydrogen-bond acceptors (Lipinski definition) is 3. The number of ketones is 1. The molecule has 1 fully saturated rings. The van der Waals surface area contributed by atoms with Gasteiger partial charge in [-0.1, -0.05) is 0 Å². The molecule has 2 heterocycles. The first kappa shape index (κ1) is 8.85. The summed E-state index contributed by atoms with van der Waals surface area (Å²) in [5, 5.41) is 0. The maximum absolute atomic E-state index is 12.9. The van der Waals surface area contributed by atoms with Crippen LogP contribution in [0.3, 0.4) is 0 Å². The van der Waals surface area contributed by atoms with E-state index >= 15 is 0 Å². The quantitative estimate of drug-likeness (QED) is 0.657. The Kier molecular flexibility index (Phi) is 1.79. The minimum Gasteiger partial charge on any atom is -0.486 e. The average Bonchev–Trinajstić information content (AvgIpc) is 3.02. The normalized spacial score (nSPS) is 28.2. The van der Waals surface area contributed by atoms with Crippen LogP contribution >= 0.6 is 0 Å². The van der Waals surface area contributed by atoms with E-state index in [4.69, 9.17) is 9.47 Å². The van der Waals surface area contributed by atoms with Gasteiger partial charge in [0.05, 0.1) is 18.6 Å². The summed E-state index contributed by atoms with van der Waals surface area (Å²) in [5.41, 5.74) is 0.340. The second-order valence-electron chi connectivity index (χ2n) is 3.80. The number of Topliss-reactive ketones (excluding diaryl/α,β-unsaturated/α-hetero) is 1. The largest absolute Gasteiger partial charge is 0.486 e. The molecule has 0 unspecified atom stereocenters. The predicted octanol–water partition coefficient (Wildman–Crippen LogP) is 1.56. The van der Waals surface area contributed by atoms with Crippen molar-refractivity contribution in [3.05, 3.63) is 29.6 Å². The van der Waals surface area contributed by atoms with Crippen molar-refractivity contribution in [1.82, 2.24) is 0 Å². The molecule has 0 aliphatic carbocycles. The number of halogens is 1. The zero-order valence-corrected chi connectivity index (χ0v) is 7.90. The van der Waals surface area contributed by atoms with Gasteiger partial charge in [0.15, 0.2) is 5.78 Å². The topological polar surface area (TPSA) is 38.8 Å². The average molecular weight is 208 g/mol. The van der Waals surface area contributed by atoms with Crippen LogP contribution in [0.2, 0.25) is 0 Å². The Bertz CT molecular complexity index is 426. The molecule has 3 rings (SSSR count). The highest BCUT2D eigenvalue weighted by Gasteiger charge is 2.39. The second-order valence-corrected chi connectivity index (χ2v) is 3.80. The van der Waals surface area contributed by atoms with Gasteiger partial charge in [-0.2, -0.15) is 0 Å². The van der Waals surface area contributed by atoms with Crippen LogP contribution in [0.25, 0.3) is 0 Å². The monoisotopic (exact) mass is 208 g/mol. The molecule has 3 nitrogen and oxygen atoms in total. The van der Waals surface area contributed by atoms with Crippen molar-refractivity contribution >= 4 is 5.78 Å². The molecule has 15 heavy (non-hydrogen) atoms. The van der Waals surface area contributed by atoms with Crippen molar-refractivity contribution in [2.24, 2.45) is 0 Å². The Morgan fingerprint density at radius 2 is 2.13 bits per heavy atom. The lowest BCUT2D eigenvalue weighted by Gasteiger charge is -2.23. The van der Waals surface area contributed by atoms with Crippen molar-refractivity contribution in [3.8, 4) is 5.75 Å². The molecule has 0 radical (unpaired) electrons. The molecule has 0 saturated carbocycles. The summed E-state index contributed by atoms with van der Waals surface area (Å²) >= 11 is 0. The first-order valence-corrected chi connectivity index (χ1v) is 4.85. The third-order valence-corrected chi connectivity index (χ3v) is 2.68. The Morgan fingerprint density at radius 3 is 2.87 bits per heavy atom. The van der Waals surface area contributed by atoms with Gasteiger partial charge in [0.1, 0.15) is 23.8 Å². The van der Waals surface area contributed by atoms with Crippen molar-refractivity contribution in [2.45, 2.75) is 18.6 Å². The van der Waals surface area contributed by atoms with E-state index < -0.39 is 5.82 Å². The van der Waals surface area contributed by atoms with Crippen LogP contribution in [0.1, 0.15) is 16.8 Å². The van der Waals surface area contributed by atoms with E-state index in [1.165, 1.54) is 18.2 Å². The SMILES string of the molecule is O=C1C[C@@H]([C@@H]2CO2)Oc2ccc(F)cc21. The van der Waals surface area contributed by atoms with Crippen LogP contribution in [-0.2, 0) is 4.74 Å². The molecule has 0 aromatic heterocycles. The molecule has 1 aromatic rings. The van der Waals surface area contributed by atoms with Gasteiger partial charge in [0.2, 0.25) is 0 Å². The zero-order valence-electron chi connectivity index (χ0n) is 7.90. The van der Waals surface area contributed by atoms with E-state index in [1.807, 2.05) is 0 Å². The summed E-state index contributed by atoms with van der Waals surface area (Å²) in [5.74, 6) is -0.0174. The maximum atomic E-state index is 12.9. The van der Waals surface area contributed by atoms with Crippen LogP contribution in [0.15, 0.2) is 18.2 Å². The summed E-state index contributed by atoms with van der Waals surface area (Å²) in [6.45, 7) is 0.647. The zero-order chi connectivity index (χ0) is 10.4. The van der Waals surface area contributed by atoms with Gasteiger partial charge in [0.25, 0.3) is 0 Å². The number of epoxide rings is 1. The lowest BCUT2D eigenvalue weighted by atomic mass is 9.99. The fourth-order valence-corrected chi connectivity index (χ4v) is 1.80. The van der Waals surface area contributed by atoms with E-state index in [2.05, 4.69) is 0 Å².